The van der Waals surface area contributed by atoms with Gasteiger partial charge in [0.1, 0.15) is 30.8 Å². The van der Waals surface area contributed by atoms with E-state index in [-0.39, 0.29) is 24.2 Å². The van der Waals surface area contributed by atoms with E-state index in [4.69, 9.17) is 14.6 Å². The Labute approximate surface area is 200 Å². The van der Waals surface area contributed by atoms with Gasteiger partial charge >= 0.3 is 11.9 Å². The zero-order valence-electron chi connectivity index (χ0n) is 18.5. The smallest absolute Gasteiger partial charge is 0.322 e. The fourth-order valence-corrected chi connectivity index (χ4v) is 3.96. The molecule has 0 aliphatic carbocycles. The van der Waals surface area contributed by atoms with Crippen LogP contribution in [0.1, 0.15) is 46.0 Å². The first-order valence-electron chi connectivity index (χ1n) is 10.6. The number of aliphatic carboxylic acids is 2. The molecule has 0 saturated carbocycles. The highest BCUT2D eigenvalue weighted by atomic mass is 32.1. The number of rotatable bonds is 12. The van der Waals surface area contributed by atoms with Gasteiger partial charge in [-0.05, 0) is 59.0 Å². The van der Waals surface area contributed by atoms with E-state index in [2.05, 4.69) is 5.32 Å². The predicted octanol–water partition coefficient (Wildman–Crippen LogP) is 4.43. The van der Waals surface area contributed by atoms with Gasteiger partial charge in [0.25, 0.3) is 5.91 Å². The molecule has 3 rings (SSSR count). The van der Waals surface area contributed by atoms with Gasteiger partial charge in [-0.3, -0.25) is 14.4 Å². The molecule has 34 heavy (non-hydrogen) atoms. The van der Waals surface area contributed by atoms with Gasteiger partial charge in [0.05, 0.1) is 5.56 Å². The Morgan fingerprint density at radius 3 is 2.53 bits per heavy atom. The number of carboxylic acid groups (broad SMARTS) is 2. The van der Waals surface area contributed by atoms with Crippen LogP contribution in [0, 0.1) is 6.92 Å². The Morgan fingerprint density at radius 2 is 1.85 bits per heavy atom. The fourth-order valence-electron chi connectivity index (χ4n) is 3.30. The average Bonchev–Trinajstić information content (AvgIpc) is 3.33. The van der Waals surface area contributed by atoms with Crippen LogP contribution in [0.25, 0.3) is 0 Å². The lowest BCUT2D eigenvalue weighted by Crippen LogP contribution is -2.29. The second kappa shape index (κ2) is 11.9. The number of thiophene rings is 1. The average molecular weight is 484 g/mol. The molecule has 3 aromatic rings. The molecule has 0 unspecified atom stereocenters. The van der Waals surface area contributed by atoms with Crippen molar-refractivity contribution in [2.24, 2.45) is 0 Å². The van der Waals surface area contributed by atoms with E-state index in [1.165, 1.54) is 6.07 Å². The van der Waals surface area contributed by atoms with Crippen molar-refractivity contribution in [1.29, 1.82) is 0 Å². The Kier molecular flexibility index (Phi) is 8.64. The number of carbonyl (C=O) groups excluding carboxylic acids is 1. The number of carbonyl (C=O) groups is 3. The third-order valence-electron chi connectivity index (χ3n) is 5.01. The molecule has 9 heteroatoms. The lowest BCUT2D eigenvalue weighted by molar-refractivity contribution is -0.138. The topological polar surface area (TPSA) is 122 Å². The van der Waals surface area contributed by atoms with Crippen molar-refractivity contribution >= 4 is 29.2 Å². The Balaban J connectivity index is 1.92. The SMILES string of the molecule is Cc1ccccc1[C@H](CCC(=O)O)Oc1cc(OCc2ccsc2)ccc1C(=O)NCC(=O)O. The molecule has 8 nitrogen and oxygen atoms in total. The Morgan fingerprint density at radius 1 is 1.06 bits per heavy atom. The summed E-state index contributed by atoms with van der Waals surface area (Å²) in [6.07, 6.45) is -0.597. The first-order valence-corrected chi connectivity index (χ1v) is 11.5. The van der Waals surface area contributed by atoms with E-state index in [1.54, 1.807) is 23.5 Å². The van der Waals surface area contributed by atoms with Crippen molar-refractivity contribution < 1.29 is 34.1 Å². The molecular formula is C25H25NO7S. The number of benzene rings is 2. The van der Waals surface area contributed by atoms with Gasteiger partial charge in [-0.15, -0.1) is 0 Å². The number of hydrogen-bond acceptors (Lipinski definition) is 6. The molecule has 0 aliphatic rings. The van der Waals surface area contributed by atoms with Crippen molar-refractivity contribution in [2.45, 2.75) is 32.5 Å². The molecule has 178 valence electrons. The van der Waals surface area contributed by atoms with Crippen molar-refractivity contribution in [3.8, 4) is 11.5 Å². The van der Waals surface area contributed by atoms with Crippen LogP contribution in [0.15, 0.2) is 59.3 Å². The molecular weight excluding hydrogens is 458 g/mol. The Hall–Kier alpha value is -3.85. The van der Waals surface area contributed by atoms with Crippen molar-refractivity contribution in [3.63, 3.8) is 0 Å². The van der Waals surface area contributed by atoms with Crippen LogP contribution in [0.5, 0.6) is 11.5 Å². The highest BCUT2D eigenvalue weighted by Crippen LogP contribution is 2.33. The highest BCUT2D eigenvalue weighted by Gasteiger charge is 2.22. The molecule has 0 saturated heterocycles. The zero-order chi connectivity index (χ0) is 24.5. The first-order chi connectivity index (χ1) is 16.3. The van der Waals surface area contributed by atoms with E-state index in [9.17, 15) is 19.5 Å². The van der Waals surface area contributed by atoms with Crippen LogP contribution < -0.4 is 14.8 Å². The minimum absolute atomic E-state index is 0.123. The van der Waals surface area contributed by atoms with Gasteiger partial charge in [-0.2, -0.15) is 11.3 Å². The van der Waals surface area contributed by atoms with Gasteiger partial charge in [-0.25, -0.2) is 0 Å². The van der Waals surface area contributed by atoms with Gasteiger partial charge in [0.15, 0.2) is 0 Å². The van der Waals surface area contributed by atoms with E-state index in [1.807, 2.05) is 48.0 Å². The normalized spacial score (nSPS) is 11.4. The number of nitrogens with one attached hydrogen (secondary N) is 1. The summed E-state index contributed by atoms with van der Waals surface area (Å²) in [4.78, 5) is 34.8. The van der Waals surface area contributed by atoms with Gasteiger partial charge < -0.3 is 25.0 Å². The van der Waals surface area contributed by atoms with Gasteiger partial charge in [0.2, 0.25) is 0 Å². The molecule has 1 heterocycles. The Bertz CT molecular complexity index is 1140. The quantitative estimate of drug-likeness (QED) is 0.348. The largest absolute Gasteiger partial charge is 0.489 e. The lowest BCUT2D eigenvalue weighted by Gasteiger charge is -2.23. The molecule has 0 spiro atoms. The third-order valence-corrected chi connectivity index (χ3v) is 5.74. The molecule has 2 aromatic carbocycles. The van der Waals surface area contributed by atoms with Gasteiger partial charge in [-0.1, -0.05) is 24.3 Å². The van der Waals surface area contributed by atoms with E-state index < -0.39 is 30.5 Å². The van der Waals surface area contributed by atoms with Crippen molar-refractivity contribution in [2.75, 3.05) is 6.54 Å². The number of aryl methyl sites for hydroxylation is 1. The van der Waals surface area contributed by atoms with Crippen LogP contribution in [0.3, 0.4) is 0 Å². The minimum Gasteiger partial charge on any atom is -0.489 e. The molecule has 0 fully saturated rings. The van der Waals surface area contributed by atoms with E-state index >= 15 is 0 Å². The summed E-state index contributed by atoms with van der Waals surface area (Å²) >= 11 is 1.55. The van der Waals surface area contributed by atoms with Crippen LogP contribution >= 0.6 is 11.3 Å². The second-order valence-electron chi connectivity index (χ2n) is 7.55. The molecule has 1 amide bonds. The highest BCUT2D eigenvalue weighted by molar-refractivity contribution is 7.07. The summed E-state index contributed by atoms with van der Waals surface area (Å²) in [5.74, 6) is -2.13. The van der Waals surface area contributed by atoms with Crippen molar-refractivity contribution in [3.05, 3.63) is 81.5 Å². The molecule has 1 aromatic heterocycles. The monoisotopic (exact) mass is 483 g/mol. The molecule has 0 radical (unpaired) electrons. The summed E-state index contributed by atoms with van der Waals surface area (Å²) in [6.45, 7) is 1.68. The number of amides is 1. The third kappa shape index (κ3) is 7.08. The standard InChI is InChI=1S/C25H25NO7S/c1-16-4-2-3-5-19(16)21(8-9-23(27)28)33-22-12-18(32-14-17-10-11-34-15-17)6-7-20(22)25(31)26-13-24(29)30/h2-7,10-12,15,21H,8-9,13-14H2,1H3,(H,26,31)(H,27,28)(H,29,30)/t21-/m0/s1. The first kappa shape index (κ1) is 24.8. The van der Waals surface area contributed by atoms with Crippen LogP contribution in [0.4, 0.5) is 0 Å². The van der Waals surface area contributed by atoms with Crippen molar-refractivity contribution in [1.82, 2.24) is 5.32 Å². The number of carboxylic acids is 2. The maximum Gasteiger partial charge on any atom is 0.322 e. The van der Waals surface area contributed by atoms with E-state index in [0.29, 0.717) is 12.4 Å². The second-order valence-corrected chi connectivity index (χ2v) is 8.33. The maximum atomic E-state index is 12.7. The number of ether oxygens (including phenoxy) is 2. The molecule has 0 bridgehead atoms. The summed E-state index contributed by atoms with van der Waals surface area (Å²) in [5.41, 5.74) is 2.83. The predicted molar refractivity (Wildman–Crippen MR) is 126 cm³/mol. The fraction of sp³-hybridized carbons (Fsp3) is 0.240. The van der Waals surface area contributed by atoms with E-state index in [0.717, 1.165) is 16.7 Å². The zero-order valence-corrected chi connectivity index (χ0v) is 19.3. The van der Waals surface area contributed by atoms with Crippen LogP contribution in [-0.2, 0) is 16.2 Å². The summed E-state index contributed by atoms with van der Waals surface area (Å²) in [7, 11) is 0. The lowest BCUT2D eigenvalue weighted by atomic mass is 9.99. The van der Waals surface area contributed by atoms with Crippen LogP contribution in [-0.4, -0.2) is 34.6 Å². The molecule has 1 atom stereocenters. The summed E-state index contributed by atoms with van der Waals surface area (Å²) < 4.78 is 12.1. The maximum absolute atomic E-state index is 12.7. The molecule has 3 N–H and O–H groups in total. The summed E-state index contributed by atoms with van der Waals surface area (Å²) in [6, 6.07) is 14.1. The minimum atomic E-state index is -1.18. The molecule has 0 aliphatic heterocycles. The summed E-state index contributed by atoms with van der Waals surface area (Å²) in [5, 5.41) is 24.4. The number of hydrogen-bond donors (Lipinski definition) is 3. The van der Waals surface area contributed by atoms with Crippen LogP contribution in [0.2, 0.25) is 0 Å². The van der Waals surface area contributed by atoms with Gasteiger partial charge in [0, 0.05) is 12.5 Å².